The average Bonchev–Trinajstić information content (AvgIpc) is 3.82. The van der Waals surface area contributed by atoms with Gasteiger partial charge >= 0.3 is 0 Å². The minimum Gasteiger partial charge on any atom is -0.456 e. The fourth-order valence-corrected chi connectivity index (χ4v) is 10.9. The van der Waals surface area contributed by atoms with Gasteiger partial charge in [0.15, 0.2) is 0 Å². The predicted molar refractivity (Wildman–Crippen MR) is 245 cm³/mol. The van der Waals surface area contributed by atoms with Crippen molar-refractivity contribution < 1.29 is 4.42 Å². The van der Waals surface area contributed by atoms with Crippen molar-refractivity contribution in [2.45, 2.75) is 15.2 Å². The van der Waals surface area contributed by atoms with Gasteiger partial charge in [-0.05, 0) is 118 Å². The van der Waals surface area contributed by atoms with Gasteiger partial charge in [0, 0.05) is 43.6 Å². The molecule has 12 rings (SSSR count). The Labute approximate surface area is 347 Å². The maximum Gasteiger partial charge on any atom is 0.137 e. The van der Waals surface area contributed by atoms with Crippen LogP contribution in [0.3, 0.4) is 0 Å². The van der Waals surface area contributed by atoms with Gasteiger partial charge in [-0.2, -0.15) is 0 Å². The molecule has 0 saturated heterocycles. The Bertz CT molecular complexity index is 3130. The second kappa shape index (κ2) is 13.4. The molecule has 9 aromatic carbocycles. The van der Waals surface area contributed by atoms with Gasteiger partial charge in [0.25, 0.3) is 0 Å². The molecule has 2 aliphatic rings. The number of anilines is 6. The van der Waals surface area contributed by atoms with Crippen LogP contribution in [0, 0.1) is 0 Å². The normalized spacial score (nSPS) is 13.2. The average molecular weight is 773 g/mol. The van der Waals surface area contributed by atoms with Crippen LogP contribution < -0.4 is 9.80 Å². The van der Waals surface area contributed by atoms with Gasteiger partial charge < -0.3 is 14.2 Å². The van der Waals surface area contributed by atoms with E-state index in [0.29, 0.717) is 0 Å². The Morgan fingerprint density at radius 2 is 0.881 bits per heavy atom. The van der Waals surface area contributed by atoms with Crippen LogP contribution in [0.2, 0.25) is 0 Å². The van der Waals surface area contributed by atoms with Gasteiger partial charge in [0.2, 0.25) is 0 Å². The molecule has 0 saturated carbocycles. The third-order valence-electron chi connectivity index (χ3n) is 12.1. The maximum absolute atomic E-state index is 6.63. The zero-order valence-corrected chi connectivity index (χ0v) is 32.8. The van der Waals surface area contributed by atoms with E-state index < -0.39 is 5.41 Å². The summed E-state index contributed by atoms with van der Waals surface area (Å²) >= 11 is 1.87. The van der Waals surface area contributed by atoms with E-state index in [1.54, 1.807) is 0 Å². The largest absolute Gasteiger partial charge is 0.456 e. The third-order valence-corrected chi connectivity index (χ3v) is 13.2. The number of benzene rings is 9. The standard InChI is InChI=1S/C55H36N2OS/c1-4-17-37(18-5-1)56(40-32-34-50-44(35-40)54-49(28-16-29-51(54)58-50)57(38-19-6-2-7-20-38)39-21-8-3-9-22-39)41-31-33-48-53(36-41)59-52-30-15-14-27-47(52)55(48)45-25-12-10-23-42(45)43-24-11-13-26-46(43)55/h1-36H. The minimum absolute atomic E-state index is 0.422. The zero-order chi connectivity index (χ0) is 38.9. The number of fused-ring (bicyclic) bond motifs is 12. The van der Waals surface area contributed by atoms with Crippen molar-refractivity contribution in [3.8, 4) is 11.1 Å². The molecule has 2 heterocycles. The van der Waals surface area contributed by atoms with E-state index in [1.165, 1.54) is 43.2 Å². The summed E-state index contributed by atoms with van der Waals surface area (Å²) in [7, 11) is 0. The molecule has 1 spiro atoms. The fourth-order valence-electron chi connectivity index (χ4n) is 9.72. The van der Waals surface area contributed by atoms with Crippen molar-refractivity contribution >= 4 is 67.8 Å². The Hall–Kier alpha value is -7.27. The smallest absolute Gasteiger partial charge is 0.137 e. The Morgan fingerprint density at radius 3 is 1.54 bits per heavy atom. The second-order valence-corrected chi connectivity index (χ2v) is 16.3. The van der Waals surface area contributed by atoms with Crippen LogP contribution in [0.4, 0.5) is 34.1 Å². The molecular formula is C55H36N2OS. The van der Waals surface area contributed by atoms with Crippen LogP contribution in [-0.4, -0.2) is 0 Å². The number of furan rings is 1. The predicted octanol–water partition coefficient (Wildman–Crippen LogP) is 15.4. The lowest BCUT2D eigenvalue weighted by molar-refractivity contribution is 0.669. The molecule has 3 nitrogen and oxygen atoms in total. The lowest BCUT2D eigenvalue weighted by Gasteiger charge is -2.40. The summed E-state index contributed by atoms with van der Waals surface area (Å²) in [5, 5.41) is 2.13. The molecular weight excluding hydrogens is 737 g/mol. The van der Waals surface area contributed by atoms with Crippen molar-refractivity contribution in [3.63, 3.8) is 0 Å². The molecule has 278 valence electrons. The summed E-state index contributed by atoms with van der Waals surface area (Å²) < 4.78 is 6.63. The first-order valence-corrected chi connectivity index (χ1v) is 20.9. The summed E-state index contributed by atoms with van der Waals surface area (Å²) in [6, 6.07) is 79.0. The Kier molecular flexibility index (Phi) is 7.69. The number of rotatable bonds is 6. The summed E-state index contributed by atoms with van der Waals surface area (Å²) in [5.41, 5.74) is 15.7. The van der Waals surface area contributed by atoms with Crippen LogP contribution in [0.25, 0.3) is 33.1 Å². The van der Waals surface area contributed by atoms with Crippen molar-refractivity contribution in [3.05, 3.63) is 241 Å². The highest BCUT2D eigenvalue weighted by Crippen LogP contribution is 2.62. The third kappa shape index (κ3) is 5.10. The van der Waals surface area contributed by atoms with Gasteiger partial charge in [-0.25, -0.2) is 0 Å². The lowest BCUT2D eigenvalue weighted by Crippen LogP contribution is -2.32. The molecule has 0 N–H and O–H groups in total. The topological polar surface area (TPSA) is 19.6 Å². The molecule has 59 heavy (non-hydrogen) atoms. The summed E-state index contributed by atoms with van der Waals surface area (Å²) in [4.78, 5) is 7.26. The van der Waals surface area contributed by atoms with E-state index in [1.807, 2.05) is 11.8 Å². The molecule has 0 radical (unpaired) electrons. The van der Waals surface area contributed by atoms with E-state index in [-0.39, 0.29) is 0 Å². The van der Waals surface area contributed by atoms with E-state index in [2.05, 4.69) is 228 Å². The molecule has 1 aliphatic carbocycles. The van der Waals surface area contributed by atoms with Gasteiger partial charge in [-0.3, -0.25) is 0 Å². The van der Waals surface area contributed by atoms with Crippen LogP contribution in [0.1, 0.15) is 22.3 Å². The van der Waals surface area contributed by atoms with Crippen LogP contribution in [0.15, 0.2) is 233 Å². The van der Waals surface area contributed by atoms with E-state index in [4.69, 9.17) is 4.42 Å². The molecule has 0 bridgehead atoms. The molecule has 0 unspecified atom stereocenters. The van der Waals surface area contributed by atoms with Gasteiger partial charge in [0.05, 0.1) is 16.5 Å². The molecule has 1 aliphatic heterocycles. The molecule has 1 aromatic heterocycles. The number of nitrogens with zero attached hydrogens (tertiary/aromatic N) is 2. The summed E-state index contributed by atoms with van der Waals surface area (Å²) in [5.74, 6) is 0. The Morgan fingerprint density at radius 1 is 0.356 bits per heavy atom. The van der Waals surface area contributed by atoms with Crippen molar-refractivity contribution in [1.82, 2.24) is 0 Å². The number of hydrogen-bond acceptors (Lipinski definition) is 4. The van der Waals surface area contributed by atoms with Crippen molar-refractivity contribution in [1.29, 1.82) is 0 Å². The highest BCUT2D eigenvalue weighted by atomic mass is 32.2. The van der Waals surface area contributed by atoms with E-state index in [9.17, 15) is 0 Å². The minimum atomic E-state index is -0.422. The van der Waals surface area contributed by atoms with Crippen LogP contribution >= 0.6 is 11.8 Å². The quantitative estimate of drug-likeness (QED) is 0.168. The number of para-hydroxylation sites is 3. The van der Waals surface area contributed by atoms with Gasteiger partial charge in [-0.1, -0.05) is 145 Å². The lowest BCUT2D eigenvalue weighted by atomic mass is 9.67. The SMILES string of the molecule is c1ccc(N(c2ccc3c(c2)Sc2ccccc2C32c3ccccc3-c3ccccc32)c2ccc3oc4cccc(N(c5ccccc5)c5ccccc5)c4c3c2)cc1. The van der Waals surface area contributed by atoms with Crippen molar-refractivity contribution in [2.24, 2.45) is 0 Å². The molecule has 0 atom stereocenters. The maximum atomic E-state index is 6.63. The highest BCUT2D eigenvalue weighted by molar-refractivity contribution is 7.99. The first-order valence-electron chi connectivity index (χ1n) is 20.1. The van der Waals surface area contributed by atoms with Gasteiger partial charge in [-0.15, -0.1) is 0 Å². The second-order valence-electron chi connectivity index (χ2n) is 15.2. The molecule has 10 aromatic rings. The van der Waals surface area contributed by atoms with Crippen molar-refractivity contribution in [2.75, 3.05) is 9.80 Å². The highest BCUT2D eigenvalue weighted by Gasteiger charge is 2.50. The van der Waals surface area contributed by atoms with E-state index >= 15 is 0 Å². The first-order chi connectivity index (χ1) is 29.3. The first kappa shape index (κ1) is 33.8. The van der Waals surface area contributed by atoms with Gasteiger partial charge in [0.1, 0.15) is 11.2 Å². The molecule has 0 amide bonds. The van der Waals surface area contributed by atoms with Crippen LogP contribution in [-0.2, 0) is 5.41 Å². The number of hydrogen-bond donors (Lipinski definition) is 0. The van der Waals surface area contributed by atoms with Crippen LogP contribution in [0.5, 0.6) is 0 Å². The monoisotopic (exact) mass is 772 g/mol. The molecule has 4 heteroatoms. The zero-order valence-electron chi connectivity index (χ0n) is 32.0. The molecule has 0 fully saturated rings. The fraction of sp³-hybridized carbons (Fsp3) is 0.0182. The summed E-state index contributed by atoms with van der Waals surface area (Å²) in [6.07, 6.45) is 0. The van der Waals surface area contributed by atoms with E-state index in [0.717, 1.165) is 56.1 Å². The summed E-state index contributed by atoms with van der Waals surface area (Å²) in [6.45, 7) is 0. The Balaban J connectivity index is 1.07.